The van der Waals surface area contributed by atoms with Gasteiger partial charge in [0.15, 0.2) is 23.1 Å². The number of amides is 1. The molecule has 2 N–H and O–H groups in total. The van der Waals surface area contributed by atoms with Gasteiger partial charge in [-0.25, -0.2) is 9.97 Å². The van der Waals surface area contributed by atoms with E-state index < -0.39 is 0 Å². The minimum atomic E-state index is -0.153. The van der Waals surface area contributed by atoms with Crippen LogP contribution >= 0.6 is 0 Å². The van der Waals surface area contributed by atoms with E-state index in [0.717, 1.165) is 18.4 Å². The van der Waals surface area contributed by atoms with E-state index in [-0.39, 0.29) is 44.9 Å². The van der Waals surface area contributed by atoms with Gasteiger partial charge in [0.25, 0.3) is 0 Å². The Balaban J connectivity index is 1.73. The average Bonchev–Trinajstić information content (AvgIpc) is 3.16. The predicted molar refractivity (Wildman–Crippen MR) is 193 cm³/mol. The van der Waals surface area contributed by atoms with E-state index in [2.05, 4.69) is 4.90 Å². The Morgan fingerprint density at radius 2 is 1.39 bits per heavy atom. The van der Waals surface area contributed by atoms with Crippen molar-refractivity contribution in [2.75, 3.05) is 134 Å². The molecular formula is C34H51N9O8. The highest BCUT2D eigenvalue weighted by Crippen LogP contribution is 2.41. The summed E-state index contributed by atoms with van der Waals surface area (Å²) >= 11 is 0. The fourth-order valence-corrected chi connectivity index (χ4v) is 6.43. The number of aliphatic hydroxyl groups excluding tert-OH is 2. The number of rotatable bonds is 17. The number of fused-ring (bicyclic) bond motifs is 1. The molecule has 2 aliphatic heterocycles. The molecular weight excluding hydrogens is 662 g/mol. The first kappa shape index (κ1) is 37.8. The standard InChI is InChI=1S/C34H51N9O8/c1-39-13-14-42(22-26(39)46)32-28-27(31(40-11-9-24(48-3)10-12-40)37-33(35-28)41(15-18-44)16-19-45)36-34(38-32)43(17-20-47-2)21-23-7-8-25(49-4)30(51-6)29(23)50-5/h7-8,24,44-45H,9-22H2,1-6H3. The summed E-state index contributed by atoms with van der Waals surface area (Å²) in [6.45, 7) is 3.74. The molecule has 0 bridgehead atoms. The number of piperazine rings is 1. The quantitative estimate of drug-likeness (QED) is 0.201. The van der Waals surface area contributed by atoms with Crippen molar-refractivity contribution in [3.05, 3.63) is 17.7 Å². The summed E-state index contributed by atoms with van der Waals surface area (Å²) in [5, 5.41) is 19.8. The van der Waals surface area contributed by atoms with E-state index in [1.807, 2.05) is 21.9 Å². The maximum atomic E-state index is 13.1. The third kappa shape index (κ3) is 8.38. The number of anilines is 4. The first-order valence-corrected chi connectivity index (χ1v) is 17.1. The van der Waals surface area contributed by atoms with Crippen LogP contribution in [-0.2, 0) is 20.8 Å². The molecule has 1 amide bonds. The number of hydrogen-bond donors (Lipinski definition) is 2. The summed E-state index contributed by atoms with van der Waals surface area (Å²) in [6.07, 6.45) is 1.73. The van der Waals surface area contributed by atoms with Crippen molar-refractivity contribution < 1.29 is 38.7 Å². The number of ether oxygens (including phenoxy) is 5. The van der Waals surface area contributed by atoms with Crippen LogP contribution in [0.25, 0.3) is 11.0 Å². The lowest BCUT2D eigenvalue weighted by Gasteiger charge is -2.35. The lowest BCUT2D eigenvalue weighted by molar-refractivity contribution is -0.129. The number of likely N-dealkylation sites (N-methyl/N-ethyl adjacent to an activating group) is 1. The van der Waals surface area contributed by atoms with Gasteiger partial charge in [-0.2, -0.15) is 9.97 Å². The van der Waals surface area contributed by atoms with Gasteiger partial charge in [0.05, 0.1) is 53.8 Å². The van der Waals surface area contributed by atoms with Crippen molar-refractivity contribution in [1.82, 2.24) is 24.8 Å². The summed E-state index contributed by atoms with van der Waals surface area (Å²) in [5.41, 5.74) is 1.81. The molecule has 2 fully saturated rings. The van der Waals surface area contributed by atoms with Crippen LogP contribution in [0.3, 0.4) is 0 Å². The van der Waals surface area contributed by atoms with Crippen molar-refractivity contribution in [3.8, 4) is 17.2 Å². The van der Waals surface area contributed by atoms with Crippen molar-refractivity contribution in [1.29, 1.82) is 0 Å². The Morgan fingerprint density at radius 1 is 0.765 bits per heavy atom. The molecule has 1 aromatic carbocycles. The summed E-state index contributed by atoms with van der Waals surface area (Å²) in [6, 6.07) is 3.74. The second-order valence-corrected chi connectivity index (χ2v) is 12.4. The minimum absolute atomic E-state index is 0.0424. The monoisotopic (exact) mass is 713 g/mol. The topological polar surface area (TPSA) is 171 Å². The number of benzene rings is 1. The van der Waals surface area contributed by atoms with Gasteiger partial charge in [-0.1, -0.05) is 0 Å². The molecule has 0 radical (unpaired) electrons. The number of aliphatic hydroxyl groups is 2. The normalized spacial score (nSPS) is 15.5. The first-order valence-electron chi connectivity index (χ1n) is 17.1. The molecule has 4 heterocycles. The second-order valence-electron chi connectivity index (χ2n) is 12.4. The zero-order valence-corrected chi connectivity index (χ0v) is 30.5. The van der Waals surface area contributed by atoms with E-state index in [9.17, 15) is 15.0 Å². The molecule has 2 aromatic heterocycles. The van der Waals surface area contributed by atoms with Crippen LogP contribution in [0.2, 0.25) is 0 Å². The smallest absolute Gasteiger partial charge is 0.241 e. The zero-order valence-electron chi connectivity index (χ0n) is 30.5. The van der Waals surface area contributed by atoms with Crippen LogP contribution < -0.4 is 33.8 Å². The molecule has 2 saturated heterocycles. The molecule has 17 nitrogen and oxygen atoms in total. The second kappa shape index (κ2) is 17.7. The predicted octanol–water partition coefficient (Wildman–Crippen LogP) is 0.783. The van der Waals surface area contributed by atoms with Crippen LogP contribution in [0.4, 0.5) is 23.5 Å². The van der Waals surface area contributed by atoms with Gasteiger partial charge >= 0.3 is 0 Å². The molecule has 0 spiro atoms. The number of methoxy groups -OCH3 is 5. The molecule has 0 unspecified atom stereocenters. The van der Waals surface area contributed by atoms with Gasteiger partial charge in [0, 0.05) is 79.2 Å². The van der Waals surface area contributed by atoms with Crippen LogP contribution in [0.1, 0.15) is 18.4 Å². The SMILES string of the molecule is COCCN(Cc1ccc(OC)c(OC)c1OC)c1nc(N2CCN(C)C(=O)C2)c2nc(N(CCO)CCO)nc(N3CCC(OC)CC3)c2n1. The number of carbonyl (C=O) groups is 1. The largest absolute Gasteiger partial charge is 0.493 e. The molecule has 5 rings (SSSR count). The summed E-state index contributed by atoms with van der Waals surface area (Å²) in [4.78, 5) is 43.0. The van der Waals surface area contributed by atoms with E-state index in [4.69, 9.17) is 43.6 Å². The maximum absolute atomic E-state index is 13.1. The number of aromatic nitrogens is 4. The van der Waals surface area contributed by atoms with E-state index in [0.29, 0.717) is 97.7 Å². The van der Waals surface area contributed by atoms with E-state index >= 15 is 0 Å². The zero-order chi connectivity index (χ0) is 36.5. The molecule has 2 aliphatic rings. The van der Waals surface area contributed by atoms with E-state index in [1.54, 1.807) is 52.4 Å². The van der Waals surface area contributed by atoms with Gasteiger partial charge in [-0.15, -0.1) is 0 Å². The maximum Gasteiger partial charge on any atom is 0.241 e. The molecule has 0 atom stereocenters. The van der Waals surface area contributed by atoms with Crippen LogP contribution in [0.5, 0.6) is 17.2 Å². The Labute approximate surface area is 298 Å². The van der Waals surface area contributed by atoms with Crippen molar-refractivity contribution in [2.24, 2.45) is 0 Å². The third-order valence-corrected chi connectivity index (χ3v) is 9.33. The Hall–Kier alpha value is -4.45. The van der Waals surface area contributed by atoms with E-state index in [1.165, 1.54) is 0 Å². The van der Waals surface area contributed by atoms with Crippen LogP contribution in [-0.4, -0.2) is 162 Å². The van der Waals surface area contributed by atoms with Crippen LogP contribution in [0.15, 0.2) is 12.1 Å². The fraction of sp³-hybridized carbons (Fsp3) is 0.618. The van der Waals surface area contributed by atoms with Crippen molar-refractivity contribution in [2.45, 2.75) is 25.5 Å². The number of piperidine rings is 1. The van der Waals surface area contributed by atoms with Crippen molar-refractivity contribution >= 4 is 40.5 Å². The highest BCUT2D eigenvalue weighted by atomic mass is 16.5. The number of nitrogens with zero attached hydrogens (tertiary/aromatic N) is 9. The Bertz CT molecular complexity index is 1620. The lowest BCUT2D eigenvalue weighted by Crippen LogP contribution is -2.49. The fourth-order valence-electron chi connectivity index (χ4n) is 6.43. The van der Waals surface area contributed by atoms with Gasteiger partial charge in [-0.3, -0.25) is 4.79 Å². The number of hydrogen-bond acceptors (Lipinski definition) is 16. The van der Waals surface area contributed by atoms with Crippen LogP contribution in [0, 0.1) is 0 Å². The lowest BCUT2D eigenvalue weighted by atomic mass is 10.1. The highest BCUT2D eigenvalue weighted by Gasteiger charge is 2.31. The van der Waals surface area contributed by atoms with Gasteiger partial charge < -0.3 is 58.4 Å². The molecule has 51 heavy (non-hydrogen) atoms. The van der Waals surface area contributed by atoms with Crippen molar-refractivity contribution in [3.63, 3.8) is 0 Å². The first-order chi connectivity index (χ1) is 24.8. The van der Waals surface area contributed by atoms with Gasteiger partial charge in [0.2, 0.25) is 23.6 Å². The Morgan fingerprint density at radius 3 is 1.94 bits per heavy atom. The van der Waals surface area contributed by atoms with Gasteiger partial charge in [0.1, 0.15) is 11.0 Å². The minimum Gasteiger partial charge on any atom is -0.493 e. The molecule has 0 saturated carbocycles. The third-order valence-electron chi connectivity index (χ3n) is 9.33. The summed E-state index contributed by atoms with van der Waals surface area (Å²) < 4.78 is 28.2. The summed E-state index contributed by atoms with van der Waals surface area (Å²) in [7, 11) is 9.88. The summed E-state index contributed by atoms with van der Waals surface area (Å²) in [5.74, 6) is 3.30. The molecule has 0 aliphatic carbocycles. The Kier molecular flexibility index (Phi) is 13.1. The van der Waals surface area contributed by atoms with Gasteiger partial charge in [-0.05, 0) is 25.0 Å². The molecule has 280 valence electrons. The highest BCUT2D eigenvalue weighted by molar-refractivity contribution is 5.96. The molecule has 3 aromatic rings. The number of carbonyl (C=O) groups excluding carboxylic acids is 1. The molecule has 17 heteroatoms. The average molecular weight is 714 g/mol.